The van der Waals surface area contributed by atoms with Crippen LogP contribution in [0.5, 0.6) is 0 Å². The van der Waals surface area contributed by atoms with E-state index in [-0.39, 0.29) is 0 Å². The molecule has 0 bridgehead atoms. The van der Waals surface area contributed by atoms with Crippen molar-refractivity contribution < 1.29 is 0 Å². The first-order valence-electron chi connectivity index (χ1n) is 8.78. The Kier molecular flexibility index (Phi) is 4.70. The molecule has 0 atom stereocenters. The Morgan fingerprint density at radius 3 is 2.72 bits per heavy atom. The quantitative estimate of drug-likeness (QED) is 0.650. The molecule has 0 saturated heterocycles. The number of nitrogens with one attached hydrogen (secondary N) is 2. The van der Waals surface area contributed by atoms with E-state index in [2.05, 4.69) is 36.7 Å². The maximum Gasteiger partial charge on any atom is 0.148 e. The Labute approximate surface area is 147 Å². The van der Waals surface area contributed by atoms with Crippen LogP contribution in [0.3, 0.4) is 0 Å². The minimum Gasteiger partial charge on any atom is -0.367 e. The fourth-order valence-electron chi connectivity index (χ4n) is 3.09. The molecule has 3 heterocycles. The third-order valence-corrected chi connectivity index (χ3v) is 4.36. The Hall–Kier alpha value is -2.73. The van der Waals surface area contributed by atoms with Crippen molar-refractivity contribution >= 4 is 5.82 Å². The van der Waals surface area contributed by atoms with Crippen LogP contribution in [-0.2, 0) is 19.5 Å². The third-order valence-electron chi connectivity index (χ3n) is 4.36. The SMILES string of the molecule is c1ccc(-c2ccc(NCCNCc3cc4n(n3)CCC4)nn2)cc1. The summed E-state index contributed by atoms with van der Waals surface area (Å²) in [6.07, 6.45) is 2.39. The number of anilines is 1. The molecule has 2 aromatic heterocycles. The summed E-state index contributed by atoms with van der Waals surface area (Å²) in [5.41, 5.74) is 4.46. The number of hydrogen-bond donors (Lipinski definition) is 2. The van der Waals surface area contributed by atoms with E-state index in [1.165, 1.54) is 12.1 Å². The van der Waals surface area contributed by atoms with Crippen LogP contribution in [0.25, 0.3) is 11.3 Å². The number of rotatable bonds is 7. The summed E-state index contributed by atoms with van der Waals surface area (Å²) in [4.78, 5) is 0. The first kappa shape index (κ1) is 15.8. The van der Waals surface area contributed by atoms with Crippen molar-refractivity contribution in [3.63, 3.8) is 0 Å². The fourth-order valence-corrected chi connectivity index (χ4v) is 3.09. The van der Waals surface area contributed by atoms with E-state index in [1.807, 2.05) is 42.5 Å². The van der Waals surface area contributed by atoms with Crippen molar-refractivity contribution in [2.45, 2.75) is 25.9 Å². The average molecular weight is 334 g/mol. The fraction of sp³-hybridized carbons (Fsp3) is 0.316. The molecule has 4 rings (SSSR count). The number of hydrogen-bond acceptors (Lipinski definition) is 5. The average Bonchev–Trinajstić information content (AvgIpc) is 3.24. The molecule has 6 nitrogen and oxygen atoms in total. The Morgan fingerprint density at radius 2 is 1.92 bits per heavy atom. The summed E-state index contributed by atoms with van der Waals surface area (Å²) in [5.74, 6) is 0.794. The van der Waals surface area contributed by atoms with E-state index in [9.17, 15) is 0 Å². The normalized spacial score (nSPS) is 13.0. The molecule has 0 fully saturated rings. The zero-order valence-electron chi connectivity index (χ0n) is 14.2. The predicted molar refractivity (Wildman–Crippen MR) is 98.2 cm³/mol. The Bertz CT molecular complexity index is 788. The minimum atomic E-state index is 0.794. The molecule has 1 aliphatic rings. The molecule has 0 saturated carbocycles. The first-order valence-corrected chi connectivity index (χ1v) is 8.78. The third kappa shape index (κ3) is 3.85. The summed E-state index contributed by atoms with van der Waals surface area (Å²) in [5, 5.41) is 19.8. The van der Waals surface area contributed by atoms with Gasteiger partial charge in [-0.2, -0.15) is 5.10 Å². The first-order chi connectivity index (χ1) is 12.4. The van der Waals surface area contributed by atoms with Crippen LogP contribution in [0.2, 0.25) is 0 Å². The van der Waals surface area contributed by atoms with Gasteiger partial charge in [-0.1, -0.05) is 30.3 Å². The molecule has 0 spiro atoms. The largest absolute Gasteiger partial charge is 0.367 e. The maximum atomic E-state index is 4.60. The molecule has 1 aliphatic heterocycles. The topological polar surface area (TPSA) is 67.7 Å². The molecule has 6 heteroatoms. The van der Waals surface area contributed by atoms with Crippen molar-refractivity contribution in [2.75, 3.05) is 18.4 Å². The molecule has 2 N–H and O–H groups in total. The molecule has 128 valence electrons. The predicted octanol–water partition coefficient (Wildman–Crippen LogP) is 2.49. The van der Waals surface area contributed by atoms with Crippen molar-refractivity contribution in [2.24, 2.45) is 0 Å². The molecule has 1 aromatic carbocycles. The van der Waals surface area contributed by atoms with Crippen LogP contribution < -0.4 is 10.6 Å². The van der Waals surface area contributed by atoms with Crippen LogP contribution in [0.1, 0.15) is 17.8 Å². The molecular weight excluding hydrogens is 312 g/mol. The number of fused-ring (bicyclic) bond motifs is 1. The van der Waals surface area contributed by atoms with E-state index in [4.69, 9.17) is 0 Å². The number of benzene rings is 1. The lowest BCUT2D eigenvalue weighted by Crippen LogP contribution is -2.22. The van der Waals surface area contributed by atoms with Crippen LogP contribution in [0.4, 0.5) is 5.82 Å². The van der Waals surface area contributed by atoms with E-state index in [0.717, 1.165) is 55.4 Å². The second-order valence-corrected chi connectivity index (χ2v) is 6.23. The van der Waals surface area contributed by atoms with E-state index in [1.54, 1.807) is 0 Å². The molecule has 0 radical (unpaired) electrons. The molecule has 0 amide bonds. The smallest absolute Gasteiger partial charge is 0.148 e. The van der Waals surface area contributed by atoms with Gasteiger partial charge >= 0.3 is 0 Å². The lowest BCUT2D eigenvalue weighted by Gasteiger charge is -2.06. The molecule has 3 aromatic rings. The number of aromatic nitrogens is 4. The van der Waals surface area contributed by atoms with Crippen LogP contribution in [0.15, 0.2) is 48.5 Å². The van der Waals surface area contributed by atoms with Gasteiger partial charge in [0.15, 0.2) is 0 Å². The van der Waals surface area contributed by atoms with Crippen LogP contribution in [-0.4, -0.2) is 33.1 Å². The van der Waals surface area contributed by atoms with Gasteiger partial charge in [-0.25, -0.2) is 0 Å². The monoisotopic (exact) mass is 334 g/mol. The lowest BCUT2D eigenvalue weighted by atomic mass is 10.1. The number of nitrogens with zero attached hydrogens (tertiary/aromatic N) is 4. The molecule has 0 aliphatic carbocycles. The van der Waals surface area contributed by atoms with Crippen molar-refractivity contribution in [1.29, 1.82) is 0 Å². The van der Waals surface area contributed by atoms with Gasteiger partial charge < -0.3 is 10.6 Å². The summed E-state index contributed by atoms with van der Waals surface area (Å²) >= 11 is 0. The van der Waals surface area contributed by atoms with E-state index in [0.29, 0.717) is 0 Å². The van der Waals surface area contributed by atoms with Gasteiger partial charge in [0.25, 0.3) is 0 Å². The van der Waals surface area contributed by atoms with Crippen molar-refractivity contribution in [1.82, 2.24) is 25.3 Å². The van der Waals surface area contributed by atoms with Gasteiger partial charge in [-0.3, -0.25) is 4.68 Å². The highest BCUT2D eigenvalue weighted by Gasteiger charge is 2.12. The van der Waals surface area contributed by atoms with Gasteiger partial charge in [0.1, 0.15) is 5.82 Å². The second-order valence-electron chi connectivity index (χ2n) is 6.23. The Morgan fingerprint density at radius 1 is 1.00 bits per heavy atom. The lowest BCUT2D eigenvalue weighted by molar-refractivity contribution is 0.621. The molecular formula is C19H22N6. The van der Waals surface area contributed by atoms with Crippen molar-refractivity contribution in [3.05, 3.63) is 59.9 Å². The van der Waals surface area contributed by atoms with Crippen molar-refractivity contribution in [3.8, 4) is 11.3 Å². The molecule has 0 unspecified atom stereocenters. The highest BCUT2D eigenvalue weighted by atomic mass is 15.3. The van der Waals surface area contributed by atoms with Gasteiger partial charge in [0.05, 0.1) is 11.4 Å². The van der Waals surface area contributed by atoms with Gasteiger partial charge in [-0.15, -0.1) is 10.2 Å². The van der Waals surface area contributed by atoms with E-state index < -0.39 is 0 Å². The number of aryl methyl sites for hydroxylation is 2. The second kappa shape index (κ2) is 7.44. The highest BCUT2D eigenvalue weighted by Crippen LogP contribution is 2.16. The zero-order valence-corrected chi connectivity index (χ0v) is 14.2. The minimum absolute atomic E-state index is 0.794. The summed E-state index contributed by atoms with van der Waals surface area (Å²) in [6.45, 7) is 3.52. The summed E-state index contributed by atoms with van der Waals surface area (Å²) in [7, 11) is 0. The van der Waals surface area contributed by atoms with Crippen LogP contribution in [0, 0.1) is 0 Å². The highest BCUT2D eigenvalue weighted by molar-refractivity contribution is 5.59. The van der Waals surface area contributed by atoms with E-state index >= 15 is 0 Å². The maximum absolute atomic E-state index is 4.60. The van der Waals surface area contributed by atoms with Gasteiger partial charge in [-0.05, 0) is 31.0 Å². The van der Waals surface area contributed by atoms with Gasteiger partial charge in [0.2, 0.25) is 0 Å². The Balaban J connectivity index is 1.21. The summed E-state index contributed by atoms with van der Waals surface area (Å²) < 4.78 is 2.12. The van der Waals surface area contributed by atoms with Gasteiger partial charge in [0, 0.05) is 37.4 Å². The standard InChI is InChI=1S/C19H22N6/c1-2-5-15(6-3-1)18-8-9-19(23-22-18)21-11-10-20-14-16-13-17-7-4-12-25(17)24-16/h1-3,5-6,8-9,13,20H,4,7,10-12,14H2,(H,21,23). The van der Waals surface area contributed by atoms with Crippen LogP contribution >= 0.6 is 0 Å². The molecule has 25 heavy (non-hydrogen) atoms. The summed E-state index contributed by atoms with van der Waals surface area (Å²) in [6, 6.07) is 16.2. The zero-order chi connectivity index (χ0) is 16.9.